The molecule has 0 amide bonds. The Bertz CT molecular complexity index is 459. The topological polar surface area (TPSA) is 15.3 Å². The van der Waals surface area contributed by atoms with Crippen molar-refractivity contribution in [3.05, 3.63) is 28.8 Å². The maximum atomic E-state index is 6.26. The summed E-state index contributed by atoms with van der Waals surface area (Å²) < 4.78 is 0. The molecule has 0 aliphatic carbocycles. The molecule has 118 valence electrons. The number of nitrogens with one attached hydrogen (secondary N) is 1. The second-order valence-corrected chi connectivity index (χ2v) is 7.42. The molecular weight excluding hydrogens is 280 g/mol. The Morgan fingerprint density at radius 3 is 2.76 bits per heavy atom. The fourth-order valence-corrected chi connectivity index (χ4v) is 3.24. The molecule has 1 aromatic rings. The van der Waals surface area contributed by atoms with E-state index in [1.807, 2.05) is 6.07 Å². The van der Waals surface area contributed by atoms with E-state index in [1.54, 1.807) is 0 Å². The van der Waals surface area contributed by atoms with E-state index in [9.17, 15) is 0 Å². The van der Waals surface area contributed by atoms with Gasteiger partial charge in [0.25, 0.3) is 0 Å². The van der Waals surface area contributed by atoms with Crippen molar-refractivity contribution in [2.45, 2.75) is 53.1 Å². The highest BCUT2D eigenvalue weighted by Crippen LogP contribution is 2.32. The first-order valence-electron chi connectivity index (χ1n) is 8.23. The smallest absolute Gasteiger partial charge is 0.0429 e. The van der Waals surface area contributed by atoms with E-state index >= 15 is 0 Å². The van der Waals surface area contributed by atoms with Gasteiger partial charge < -0.3 is 10.2 Å². The predicted octanol–water partition coefficient (Wildman–Crippen LogP) is 4.71. The molecule has 1 fully saturated rings. The highest BCUT2D eigenvalue weighted by Gasteiger charge is 2.24. The highest BCUT2D eigenvalue weighted by molar-refractivity contribution is 6.30. The molecule has 2 rings (SSSR count). The number of hydrogen-bond donors (Lipinski definition) is 1. The number of rotatable bonds is 5. The van der Waals surface area contributed by atoms with E-state index in [0.29, 0.717) is 12.0 Å². The fraction of sp³-hybridized carbons (Fsp3) is 0.667. The van der Waals surface area contributed by atoms with Gasteiger partial charge in [-0.1, -0.05) is 38.4 Å². The standard InChI is InChI=1S/C18H29ClN2/c1-13(2)10-20-11-16-7-8-17(19)9-18(16)21-12-14(3)5-6-15(21)4/h7-9,13-15,20H,5-6,10-12H2,1-4H3. The number of halogens is 1. The Morgan fingerprint density at radius 1 is 1.29 bits per heavy atom. The van der Waals surface area contributed by atoms with Crippen molar-refractivity contribution in [3.8, 4) is 0 Å². The Labute approximate surface area is 134 Å². The van der Waals surface area contributed by atoms with Crippen LogP contribution in [-0.2, 0) is 6.54 Å². The number of piperidine rings is 1. The summed E-state index contributed by atoms with van der Waals surface area (Å²) in [5, 5.41) is 4.39. The van der Waals surface area contributed by atoms with Gasteiger partial charge in [0, 0.05) is 29.8 Å². The molecule has 3 heteroatoms. The summed E-state index contributed by atoms with van der Waals surface area (Å²) in [5.41, 5.74) is 2.68. The lowest BCUT2D eigenvalue weighted by atomic mass is 9.93. The largest absolute Gasteiger partial charge is 0.368 e. The molecule has 1 saturated heterocycles. The Hall–Kier alpha value is -0.730. The van der Waals surface area contributed by atoms with Gasteiger partial charge in [-0.3, -0.25) is 0 Å². The van der Waals surface area contributed by atoms with Crippen LogP contribution in [-0.4, -0.2) is 19.1 Å². The molecule has 0 aromatic heterocycles. The molecule has 1 aliphatic rings. The molecule has 0 radical (unpaired) electrons. The predicted molar refractivity (Wildman–Crippen MR) is 93.2 cm³/mol. The van der Waals surface area contributed by atoms with Crippen molar-refractivity contribution in [3.63, 3.8) is 0 Å². The zero-order valence-electron chi connectivity index (χ0n) is 13.8. The summed E-state index contributed by atoms with van der Waals surface area (Å²) in [6, 6.07) is 6.93. The van der Waals surface area contributed by atoms with Crippen LogP contribution in [0, 0.1) is 11.8 Å². The number of nitrogens with zero attached hydrogens (tertiary/aromatic N) is 1. The first-order valence-corrected chi connectivity index (χ1v) is 8.61. The SMILES string of the molecule is CC(C)CNCc1ccc(Cl)cc1N1CC(C)CCC1C. The lowest BCUT2D eigenvalue weighted by Gasteiger charge is -2.39. The zero-order valence-corrected chi connectivity index (χ0v) is 14.6. The minimum absolute atomic E-state index is 0.600. The number of benzene rings is 1. The molecule has 0 spiro atoms. The summed E-state index contributed by atoms with van der Waals surface area (Å²) in [7, 11) is 0. The molecular formula is C18H29ClN2. The Morgan fingerprint density at radius 2 is 2.05 bits per heavy atom. The van der Waals surface area contributed by atoms with Gasteiger partial charge in [-0.05, 0) is 55.8 Å². The fourth-order valence-electron chi connectivity index (χ4n) is 3.07. The zero-order chi connectivity index (χ0) is 15.4. The van der Waals surface area contributed by atoms with Crippen LogP contribution >= 0.6 is 11.6 Å². The van der Waals surface area contributed by atoms with Gasteiger partial charge in [0.2, 0.25) is 0 Å². The number of hydrogen-bond acceptors (Lipinski definition) is 2. The summed E-state index contributed by atoms with van der Waals surface area (Å²) in [4.78, 5) is 2.55. The third-order valence-electron chi connectivity index (χ3n) is 4.34. The van der Waals surface area contributed by atoms with E-state index in [1.165, 1.54) is 24.1 Å². The lowest BCUT2D eigenvalue weighted by molar-refractivity contribution is 0.389. The number of anilines is 1. The van der Waals surface area contributed by atoms with Crippen molar-refractivity contribution in [2.24, 2.45) is 11.8 Å². The first-order chi connectivity index (χ1) is 9.97. The van der Waals surface area contributed by atoms with Crippen molar-refractivity contribution < 1.29 is 0 Å². The van der Waals surface area contributed by atoms with Gasteiger partial charge in [-0.25, -0.2) is 0 Å². The Kier molecular flexibility index (Phi) is 5.95. The minimum Gasteiger partial charge on any atom is -0.368 e. The monoisotopic (exact) mass is 308 g/mol. The van der Waals surface area contributed by atoms with E-state index in [0.717, 1.165) is 30.6 Å². The average molecular weight is 309 g/mol. The lowest BCUT2D eigenvalue weighted by Crippen LogP contribution is -2.41. The van der Waals surface area contributed by atoms with Crippen LogP contribution in [0.4, 0.5) is 5.69 Å². The van der Waals surface area contributed by atoms with Crippen LogP contribution in [0.3, 0.4) is 0 Å². The molecule has 1 aliphatic heterocycles. The first kappa shape index (κ1) is 16.6. The van der Waals surface area contributed by atoms with Crippen molar-refractivity contribution in [1.29, 1.82) is 0 Å². The van der Waals surface area contributed by atoms with Crippen molar-refractivity contribution >= 4 is 17.3 Å². The minimum atomic E-state index is 0.600. The third kappa shape index (κ3) is 4.62. The van der Waals surface area contributed by atoms with Crippen LogP contribution in [0.1, 0.15) is 46.1 Å². The second kappa shape index (κ2) is 7.51. The Balaban J connectivity index is 2.17. The average Bonchev–Trinajstić information content (AvgIpc) is 2.43. The second-order valence-electron chi connectivity index (χ2n) is 6.98. The summed E-state index contributed by atoms with van der Waals surface area (Å²) >= 11 is 6.26. The molecule has 0 saturated carbocycles. The van der Waals surface area contributed by atoms with Crippen LogP contribution < -0.4 is 10.2 Å². The molecule has 1 heterocycles. The van der Waals surface area contributed by atoms with Gasteiger partial charge in [-0.15, -0.1) is 0 Å². The van der Waals surface area contributed by atoms with Crippen LogP contribution in [0.2, 0.25) is 5.02 Å². The van der Waals surface area contributed by atoms with Crippen LogP contribution in [0.25, 0.3) is 0 Å². The molecule has 21 heavy (non-hydrogen) atoms. The maximum absolute atomic E-state index is 6.26. The maximum Gasteiger partial charge on any atom is 0.0429 e. The van der Waals surface area contributed by atoms with Gasteiger partial charge in [-0.2, -0.15) is 0 Å². The molecule has 2 atom stereocenters. The van der Waals surface area contributed by atoms with Gasteiger partial charge in [0.1, 0.15) is 0 Å². The van der Waals surface area contributed by atoms with Gasteiger partial charge >= 0.3 is 0 Å². The summed E-state index contributed by atoms with van der Waals surface area (Å²) in [5.74, 6) is 1.44. The van der Waals surface area contributed by atoms with E-state index in [4.69, 9.17) is 11.6 Å². The van der Waals surface area contributed by atoms with E-state index in [2.05, 4.69) is 50.0 Å². The van der Waals surface area contributed by atoms with Crippen molar-refractivity contribution in [2.75, 3.05) is 18.0 Å². The quantitative estimate of drug-likeness (QED) is 0.847. The van der Waals surface area contributed by atoms with Crippen molar-refractivity contribution in [1.82, 2.24) is 5.32 Å². The normalized spacial score (nSPS) is 22.9. The summed E-state index contributed by atoms with van der Waals surface area (Å²) in [6.07, 6.45) is 2.60. The molecule has 0 bridgehead atoms. The summed E-state index contributed by atoms with van der Waals surface area (Å²) in [6.45, 7) is 12.3. The highest BCUT2D eigenvalue weighted by atomic mass is 35.5. The molecule has 1 aromatic carbocycles. The molecule has 2 unspecified atom stereocenters. The molecule has 1 N–H and O–H groups in total. The van der Waals surface area contributed by atoms with E-state index < -0.39 is 0 Å². The third-order valence-corrected chi connectivity index (χ3v) is 4.58. The van der Waals surface area contributed by atoms with Crippen LogP contribution in [0.5, 0.6) is 0 Å². The van der Waals surface area contributed by atoms with Gasteiger partial charge in [0.15, 0.2) is 0 Å². The van der Waals surface area contributed by atoms with E-state index in [-0.39, 0.29) is 0 Å². The van der Waals surface area contributed by atoms with Crippen LogP contribution in [0.15, 0.2) is 18.2 Å². The molecule has 2 nitrogen and oxygen atoms in total. The van der Waals surface area contributed by atoms with Gasteiger partial charge in [0.05, 0.1) is 0 Å².